The maximum absolute atomic E-state index is 12.8. The van der Waals surface area contributed by atoms with Gasteiger partial charge in [0.2, 0.25) is 0 Å². The van der Waals surface area contributed by atoms with E-state index in [9.17, 15) is 4.79 Å². The Morgan fingerprint density at radius 3 is 2.86 bits per heavy atom. The molecule has 28 heavy (non-hydrogen) atoms. The number of aromatic nitrogens is 2. The zero-order chi connectivity index (χ0) is 18.9. The molecular weight excluding hydrogens is 350 g/mol. The number of nitrogens with zero attached hydrogens (tertiary/aromatic N) is 2. The van der Waals surface area contributed by atoms with Crippen LogP contribution in [0.2, 0.25) is 0 Å². The van der Waals surface area contributed by atoms with Gasteiger partial charge in [-0.2, -0.15) is 0 Å². The van der Waals surface area contributed by atoms with Crippen LogP contribution in [0, 0.1) is 5.92 Å². The molecule has 2 aliphatic heterocycles. The highest BCUT2D eigenvalue weighted by Gasteiger charge is 2.36. The van der Waals surface area contributed by atoms with E-state index in [1.165, 1.54) is 48.9 Å². The molecule has 3 heterocycles. The van der Waals surface area contributed by atoms with E-state index in [0.717, 1.165) is 25.8 Å². The van der Waals surface area contributed by atoms with Crippen molar-refractivity contribution in [3.63, 3.8) is 0 Å². The Hall–Kier alpha value is -2.14. The van der Waals surface area contributed by atoms with Crippen molar-refractivity contribution >= 4 is 5.97 Å². The lowest BCUT2D eigenvalue weighted by molar-refractivity contribution is -0.155. The third-order valence-corrected chi connectivity index (χ3v) is 6.84. The van der Waals surface area contributed by atoms with Crippen molar-refractivity contribution in [3.8, 4) is 11.3 Å². The van der Waals surface area contributed by atoms with Crippen LogP contribution in [-0.4, -0.2) is 34.2 Å². The molecule has 5 nitrogen and oxygen atoms in total. The van der Waals surface area contributed by atoms with Crippen LogP contribution < -0.4 is 5.32 Å². The molecule has 0 amide bonds. The van der Waals surface area contributed by atoms with E-state index in [1.807, 2.05) is 12.5 Å². The van der Waals surface area contributed by atoms with Gasteiger partial charge in [0.15, 0.2) is 0 Å². The fraction of sp³-hybridized carbons (Fsp3) is 0.565. The number of carbonyl (C=O) groups excluding carboxylic acids is 1. The number of benzene rings is 1. The number of carbonyl (C=O) groups is 1. The summed E-state index contributed by atoms with van der Waals surface area (Å²) in [5, 5.41) is 3.30. The Labute approximate surface area is 166 Å². The fourth-order valence-corrected chi connectivity index (χ4v) is 5.35. The molecule has 2 aromatic rings. The second kappa shape index (κ2) is 7.70. The number of rotatable bonds is 5. The van der Waals surface area contributed by atoms with E-state index in [4.69, 9.17) is 4.74 Å². The number of ether oxygens (including phenoxy) is 1. The molecule has 1 aliphatic carbocycles. The summed E-state index contributed by atoms with van der Waals surface area (Å²) in [4.78, 5) is 17.2. The summed E-state index contributed by atoms with van der Waals surface area (Å²) in [6.45, 7) is 0.919. The molecule has 0 radical (unpaired) electrons. The molecule has 5 heteroatoms. The summed E-state index contributed by atoms with van der Waals surface area (Å²) in [6.07, 6.45) is 12.8. The molecule has 0 spiro atoms. The average molecular weight is 380 g/mol. The maximum atomic E-state index is 12.8. The van der Waals surface area contributed by atoms with E-state index in [2.05, 4.69) is 39.1 Å². The van der Waals surface area contributed by atoms with Crippen molar-refractivity contribution in [1.29, 1.82) is 0 Å². The van der Waals surface area contributed by atoms with Gasteiger partial charge >= 0.3 is 5.97 Å². The molecule has 3 atom stereocenters. The molecule has 148 valence electrons. The van der Waals surface area contributed by atoms with E-state index >= 15 is 0 Å². The van der Waals surface area contributed by atoms with Crippen LogP contribution in [0.3, 0.4) is 0 Å². The summed E-state index contributed by atoms with van der Waals surface area (Å²) in [7, 11) is 0. The van der Waals surface area contributed by atoms with Crippen molar-refractivity contribution < 1.29 is 9.53 Å². The minimum Gasteiger partial charge on any atom is -0.461 e. The molecule has 2 fully saturated rings. The average Bonchev–Trinajstić information content (AvgIpc) is 3.47. The van der Waals surface area contributed by atoms with E-state index < -0.39 is 0 Å². The van der Waals surface area contributed by atoms with Crippen LogP contribution in [0.5, 0.6) is 0 Å². The van der Waals surface area contributed by atoms with Crippen molar-refractivity contribution in [2.45, 2.75) is 69.6 Å². The van der Waals surface area contributed by atoms with Crippen LogP contribution in [0.25, 0.3) is 11.3 Å². The van der Waals surface area contributed by atoms with Crippen molar-refractivity contribution in [1.82, 2.24) is 14.9 Å². The number of nitrogens with one attached hydrogen (secondary N) is 1. The first-order valence-corrected chi connectivity index (χ1v) is 10.9. The first-order valence-electron chi connectivity index (χ1n) is 10.9. The number of imidazole rings is 1. The summed E-state index contributed by atoms with van der Waals surface area (Å²) in [5.74, 6) is 0.420. The molecule has 1 saturated heterocycles. The molecule has 3 aliphatic rings. The van der Waals surface area contributed by atoms with Gasteiger partial charge in [0, 0.05) is 12.0 Å². The molecule has 0 bridgehead atoms. The topological polar surface area (TPSA) is 56.1 Å². The Morgan fingerprint density at radius 2 is 2.04 bits per heavy atom. The molecule has 1 aromatic heterocycles. The lowest BCUT2D eigenvalue weighted by Crippen LogP contribution is -2.38. The van der Waals surface area contributed by atoms with Crippen LogP contribution in [0.15, 0.2) is 36.8 Å². The van der Waals surface area contributed by atoms with Gasteiger partial charge in [-0.3, -0.25) is 4.79 Å². The molecule has 1 saturated carbocycles. The SMILES string of the molecule is O=C(OC(CC1c2ccccc2-c2cncn21)C1CCCCC1)C1CCCN1. The van der Waals surface area contributed by atoms with Gasteiger partial charge in [-0.15, -0.1) is 0 Å². The Morgan fingerprint density at radius 1 is 1.18 bits per heavy atom. The lowest BCUT2D eigenvalue weighted by Gasteiger charge is -2.33. The third kappa shape index (κ3) is 3.26. The van der Waals surface area contributed by atoms with Gasteiger partial charge < -0.3 is 14.6 Å². The van der Waals surface area contributed by atoms with E-state index in [0.29, 0.717) is 5.92 Å². The zero-order valence-electron chi connectivity index (χ0n) is 16.3. The second-order valence-corrected chi connectivity index (χ2v) is 8.55. The molecule has 3 unspecified atom stereocenters. The summed E-state index contributed by atoms with van der Waals surface area (Å²) in [6, 6.07) is 8.66. The van der Waals surface area contributed by atoms with E-state index in [1.54, 1.807) is 0 Å². The minimum absolute atomic E-state index is 0.0263. The standard InChI is InChI=1S/C23H29N3O2/c27-23(19-11-6-12-25-19)28-22(16-7-2-1-3-8-16)13-20-17-9-4-5-10-18(17)21-14-24-15-26(20)21/h4-5,9-10,14-16,19-20,22,25H,1-3,6-8,11-13H2. The second-order valence-electron chi connectivity index (χ2n) is 8.55. The highest BCUT2D eigenvalue weighted by molar-refractivity contribution is 5.76. The van der Waals surface area contributed by atoms with Crippen molar-refractivity contribution in [2.75, 3.05) is 6.54 Å². The molecule has 1 N–H and O–H groups in total. The highest BCUT2D eigenvalue weighted by atomic mass is 16.5. The predicted molar refractivity (Wildman–Crippen MR) is 108 cm³/mol. The van der Waals surface area contributed by atoms with Crippen LogP contribution in [-0.2, 0) is 9.53 Å². The summed E-state index contributed by atoms with van der Waals surface area (Å²) >= 11 is 0. The van der Waals surface area contributed by atoms with Gasteiger partial charge in [0.05, 0.1) is 24.3 Å². The molecule has 1 aromatic carbocycles. The van der Waals surface area contributed by atoms with Gasteiger partial charge in [0.1, 0.15) is 12.1 Å². The Balaban J connectivity index is 1.40. The largest absolute Gasteiger partial charge is 0.461 e. The molecule has 5 rings (SSSR count). The van der Waals surface area contributed by atoms with E-state index in [-0.39, 0.29) is 24.2 Å². The minimum atomic E-state index is -0.120. The number of fused-ring (bicyclic) bond motifs is 3. The highest BCUT2D eigenvalue weighted by Crippen LogP contribution is 2.43. The molecular formula is C23H29N3O2. The lowest BCUT2D eigenvalue weighted by atomic mass is 9.82. The Kier molecular flexibility index (Phi) is 4.93. The summed E-state index contributed by atoms with van der Waals surface area (Å²) < 4.78 is 8.47. The zero-order valence-corrected chi connectivity index (χ0v) is 16.3. The van der Waals surface area contributed by atoms with Gasteiger partial charge in [-0.05, 0) is 43.7 Å². The normalized spacial score (nSPS) is 25.3. The van der Waals surface area contributed by atoms with Crippen LogP contribution >= 0.6 is 0 Å². The van der Waals surface area contributed by atoms with Crippen LogP contribution in [0.1, 0.15) is 63.0 Å². The van der Waals surface area contributed by atoms with Crippen molar-refractivity contribution in [3.05, 3.63) is 42.4 Å². The quantitative estimate of drug-likeness (QED) is 0.795. The predicted octanol–water partition coefficient (Wildman–Crippen LogP) is 4.09. The third-order valence-electron chi connectivity index (χ3n) is 6.84. The van der Waals surface area contributed by atoms with Crippen LogP contribution in [0.4, 0.5) is 0 Å². The monoisotopic (exact) mass is 379 g/mol. The summed E-state index contributed by atoms with van der Waals surface area (Å²) in [5.41, 5.74) is 3.76. The smallest absolute Gasteiger partial charge is 0.323 e. The van der Waals surface area contributed by atoms with Gasteiger partial charge in [-0.1, -0.05) is 43.5 Å². The van der Waals surface area contributed by atoms with Gasteiger partial charge in [0.25, 0.3) is 0 Å². The fourth-order valence-electron chi connectivity index (χ4n) is 5.35. The number of hydrogen-bond donors (Lipinski definition) is 1. The first kappa shape index (κ1) is 17.9. The first-order chi connectivity index (χ1) is 13.8. The Bertz CT molecular complexity index is 834. The van der Waals surface area contributed by atoms with Gasteiger partial charge in [-0.25, -0.2) is 4.98 Å². The number of hydrogen-bond acceptors (Lipinski definition) is 4. The maximum Gasteiger partial charge on any atom is 0.323 e. The van der Waals surface area contributed by atoms with Crippen molar-refractivity contribution in [2.24, 2.45) is 5.92 Å². The number of esters is 1.